The van der Waals surface area contributed by atoms with Crippen LogP contribution in [-0.4, -0.2) is 16.1 Å². The number of hydrogen-bond acceptors (Lipinski definition) is 3. The van der Waals surface area contributed by atoms with E-state index in [2.05, 4.69) is 50.8 Å². The van der Waals surface area contributed by atoms with Gasteiger partial charge in [0, 0.05) is 29.0 Å². The molecule has 18 heavy (non-hydrogen) atoms. The van der Waals surface area contributed by atoms with Gasteiger partial charge in [-0.05, 0) is 40.3 Å². The topological polar surface area (TPSA) is 29.9 Å². The third kappa shape index (κ3) is 3.43. The van der Waals surface area contributed by atoms with Crippen molar-refractivity contribution in [1.29, 1.82) is 0 Å². The van der Waals surface area contributed by atoms with Crippen LogP contribution in [0.1, 0.15) is 30.0 Å². The maximum atomic E-state index is 4.47. The molecule has 2 aromatic rings. The van der Waals surface area contributed by atoms with E-state index in [4.69, 9.17) is 0 Å². The Kier molecular flexibility index (Phi) is 4.97. The fourth-order valence-electron chi connectivity index (χ4n) is 1.87. The molecule has 2 heterocycles. The fraction of sp³-hybridized carbons (Fsp3) is 0.462. The van der Waals surface area contributed by atoms with Gasteiger partial charge in [0.05, 0.1) is 18.1 Å². The summed E-state index contributed by atoms with van der Waals surface area (Å²) < 4.78 is 3.20. The molecule has 0 bridgehead atoms. The van der Waals surface area contributed by atoms with Gasteiger partial charge >= 0.3 is 0 Å². The minimum Gasteiger partial charge on any atom is -0.340 e. The minimum absolute atomic E-state index is 0.293. The molecule has 0 saturated carbocycles. The molecule has 0 aliphatic carbocycles. The fourth-order valence-corrected chi connectivity index (χ4v) is 3.43. The summed E-state index contributed by atoms with van der Waals surface area (Å²) >= 11 is 5.39. The van der Waals surface area contributed by atoms with Gasteiger partial charge in [-0.15, -0.1) is 11.3 Å². The number of aromatic nitrogens is 2. The summed E-state index contributed by atoms with van der Waals surface area (Å²) in [4.78, 5) is 5.84. The van der Waals surface area contributed by atoms with Crippen molar-refractivity contribution in [3.8, 4) is 0 Å². The number of imidazole rings is 1. The highest BCUT2D eigenvalue weighted by atomic mass is 79.9. The first-order valence-corrected chi connectivity index (χ1v) is 7.81. The Morgan fingerprint density at radius 1 is 1.56 bits per heavy atom. The van der Waals surface area contributed by atoms with Crippen LogP contribution in [0.15, 0.2) is 28.4 Å². The molecular weight excluding hydrogens is 310 g/mol. The Morgan fingerprint density at radius 2 is 2.39 bits per heavy atom. The van der Waals surface area contributed by atoms with Gasteiger partial charge in [0.15, 0.2) is 0 Å². The number of rotatable bonds is 6. The van der Waals surface area contributed by atoms with Gasteiger partial charge in [-0.1, -0.05) is 6.92 Å². The van der Waals surface area contributed by atoms with E-state index in [0.717, 1.165) is 25.1 Å². The lowest BCUT2D eigenvalue weighted by Crippen LogP contribution is -2.24. The van der Waals surface area contributed by atoms with E-state index in [0.29, 0.717) is 6.04 Å². The molecule has 0 radical (unpaired) electrons. The molecule has 1 N–H and O–H groups in total. The van der Waals surface area contributed by atoms with Crippen molar-refractivity contribution in [1.82, 2.24) is 14.9 Å². The summed E-state index contributed by atoms with van der Waals surface area (Å²) in [5.41, 5.74) is 1.12. The summed E-state index contributed by atoms with van der Waals surface area (Å²) in [6.07, 6.45) is 6.07. The Morgan fingerprint density at radius 3 is 2.94 bits per heavy atom. The van der Waals surface area contributed by atoms with E-state index in [-0.39, 0.29) is 0 Å². The quantitative estimate of drug-likeness (QED) is 0.879. The largest absolute Gasteiger partial charge is 0.340 e. The molecule has 1 unspecified atom stereocenters. The van der Waals surface area contributed by atoms with E-state index < -0.39 is 0 Å². The molecular formula is C13H18BrN3S. The Hall–Kier alpha value is -0.650. The molecule has 0 aromatic carbocycles. The second kappa shape index (κ2) is 6.50. The number of thiophene rings is 1. The minimum atomic E-state index is 0.293. The van der Waals surface area contributed by atoms with Crippen LogP contribution < -0.4 is 5.32 Å². The van der Waals surface area contributed by atoms with Crippen molar-refractivity contribution in [3.63, 3.8) is 0 Å². The van der Waals surface area contributed by atoms with Gasteiger partial charge in [-0.3, -0.25) is 0 Å². The normalized spacial score (nSPS) is 12.8. The highest BCUT2D eigenvalue weighted by Gasteiger charge is 2.16. The Bertz CT molecular complexity index is 492. The molecule has 0 amide bonds. The summed E-state index contributed by atoms with van der Waals surface area (Å²) in [6.45, 7) is 3.20. The van der Waals surface area contributed by atoms with Gasteiger partial charge in [-0.25, -0.2) is 4.98 Å². The number of hydrogen-bond donors (Lipinski definition) is 1. The van der Waals surface area contributed by atoms with E-state index in [9.17, 15) is 0 Å². The van der Waals surface area contributed by atoms with Crippen molar-refractivity contribution in [3.05, 3.63) is 39.0 Å². The number of nitrogens with zero attached hydrogens (tertiary/aromatic N) is 2. The number of nitrogens with one attached hydrogen (secondary N) is 1. The van der Waals surface area contributed by atoms with Gasteiger partial charge in [-0.2, -0.15) is 0 Å². The maximum Gasteiger partial charge on any atom is 0.0947 e. The van der Waals surface area contributed by atoms with E-state index in [1.807, 2.05) is 17.9 Å². The van der Waals surface area contributed by atoms with Crippen molar-refractivity contribution in [2.24, 2.45) is 7.05 Å². The predicted molar refractivity (Wildman–Crippen MR) is 80.0 cm³/mol. The molecule has 2 rings (SSSR count). The average Bonchev–Trinajstić information content (AvgIpc) is 2.94. The lowest BCUT2D eigenvalue weighted by Gasteiger charge is -2.16. The first-order valence-electron chi connectivity index (χ1n) is 6.13. The zero-order valence-corrected chi connectivity index (χ0v) is 13.1. The highest BCUT2D eigenvalue weighted by molar-refractivity contribution is 9.10. The Balaban J connectivity index is 2.12. The van der Waals surface area contributed by atoms with Gasteiger partial charge in [0.25, 0.3) is 0 Å². The molecule has 3 nitrogen and oxygen atoms in total. The third-order valence-electron chi connectivity index (χ3n) is 2.80. The van der Waals surface area contributed by atoms with Crippen molar-refractivity contribution in [2.45, 2.75) is 25.8 Å². The summed E-state index contributed by atoms with van der Waals surface area (Å²) in [6, 6.07) is 2.40. The standard InChI is InChI=1S/C13H18BrN3S/c1-3-5-15-11(12-8-17(2)9-16-12)7-13-10(14)4-6-18-13/h4,6,8-9,11,15H,3,5,7H2,1-2H3. The van der Waals surface area contributed by atoms with E-state index >= 15 is 0 Å². The number of aryl methyl sites for hydroxylation is 1. The zero-order valence-electron chi connectivity index (χ0n) is 10.7. The van der Waals surface area contributed by atoms with Crippen molar-refractivity contribution < 1.29 is 0 Å². The second-order valence-electron chi connectivity index (χ2n) is 4.37. The van der Waals surface area contributed by atoms with Crippen LogP contribution in [0.5, 0.6) is 0 Å². The van der Waals surface area contributed by atoms with Crippen LogP contribution in [0.4, 0.5) is 0 Å². The first-order chi connectivity index (χ1) is 8.70. The van der Waals surface area contributed by atoms with Crippen LogP contribution >= 0.6 is 27.3 Å². The zero-order chi connectivity index (χ0) is 13.0. The summed E-state index contributed by atoms with van der Waals surface area (Å²) in [5.74, 6) is 0. The predicted octanol–water partition coefficient (Wildman–Crippen LogP) is 3.53. The molecule has 0 fully saturated rings. The monoisotopic (exact) mass is 327 g/mol. The lowest BCUT2D eigenvalue weighted by molar-refractivity contribution is 0.521. The summed E-state index contributed by atoms with van der Waals surface area (Å²) in [7, 11) is 2.01. The van der Waals surface area contributed by atoms with Crippen molar-refractivity contribution >= 4 is 27.3 Å². The maximum absolute atomic E-state index is 4.47. The highest BCUT2D eigenvalue weighted by Crippen LogP contribution is 2.27. The smallest absolute Gasteiger partial charge is 0.0947 e. The van der Waals surface area contributed by atoms with Crippen molar-refractivity contribution in [2.75, 3.05) is 6.54 Å². The van der Waals surface area contributed by atoms with Gasteiger partial charge in [0.2, 0.25) is 0 Å². The molecule has 0 spiro atoms. The summed E-state index contributed by atoms with van der Waals surface area (Å²) in [5, 5.41) is 5.69. The SMILES string of the molecule is CCCNC(Cc1sccc1Br)c1cn(C)cn1. The molecule has 1 atom stereocenters. The van der Waals surface area contributed by atoms with E-state index in [1.165, 1.54) is 9.35 Å². The molecule has 5 heteroatoms. The van der Waals surface area contributed by atoms with Crippen LogP contribution in [0.2, 0.25) is 0 Å². The molecule has 0 aliphatic rings. The number of halogens is 1. The van der Waals surface area contributed by atoms with Gasteiger partial charge in [0.1, 0.15) is 0 Å². The molecule has 0 saturated heterocycles. The second-order valence-corrected chi connectivity index (χ2v) is 6.22. The van der Waals surface area contributed by atoms with Crippen LogP contribution in [0.25, 0.3) is 0 Å². The van der Waals surface area contributed by atoms with Crippen LogP contribution in [-0.2, 0) is 13.5 Å². The molecule has 0 aliphatic heterocycles. The van der Waals surface area contributed by atoms with E-state index in [1.54, 1.807) is 11.3 Å². The molecule has 2 aromatic heterocycles. The van der Waals surface area contributed by atoms with Gasteiger partial charge < -0.3 is 9.88 Å². The average molecular weight is 328 g/mol. The lowest BCUT2D eigenvalue weighted by atomic mass is 10.1. The third-order valence-corrected chi connectivity index (χ3v) is 4.75. The van der Waals surface area contributed by atoms with Crippen LogP contribution in [0, 0.1) is 0 Å². The first kappa shape index (κ1) is 13.8. The van der Waals surface area contributed by atoms with Crippen LogP contribution in [0.3, 0.4) is 0 Å². The molecule has 98 valence electrons. The Labute approximate surface area is 120 Å².